The number of nitro groups is 1. The van der Waals surface area contributed by atoms with Gasteiger partial charge in [0.15, 0.2) is 17.1 Å². The first-order valence-electron chi connectivity index (χ1n) is 10.6. The lowest BCUT2D eigenvalue weighted by atomic mass is 10.1. The van der Waals surface area contributed by atoms with Crippen LogP contribution in [0.3, 0.4) is 0 Å². The third-order valence-electron chi connectivity index (χ3n) is 4.98. The Balaban J connectivity index is 1.75. The number of oxazole rings is 1. The number of rotatable bonds is 7. The first kappa shape index (κ1) is 25.7. The van der Waals surface area contributed by atoms with E-state index in [0.717, 1.165) is 6.07 Å². The van der Waals surface area contributed by atoms with Gasteiger partial charge in [-0.25, -0.2) is 4.98 Å². The van der Waals surface area contributed by atoms with E-state index >= 15 is 0 Å². The molecule has 12 heteroatoms. The first-order chi connectivity index (χ1) is 17.6. The summed E-state index contributed by atoms with van der Waals surface area (Å²) in [5.41, 5.74) is -0.357. The molecule has 4 rings (SSSR count). The molecular formula is C25H15BrF3N3O5. The van der Waals surface area contributed by atoms with E-state index in [0.29, 0.717) is 28.8 Å². The smallest absolute Gasteiger partial charge is 0.416 e. The number of ether oxygens (including phenoxy) is 2. The standard InChI is InChI=1S/C25H15BrF3N3O5/c1-2-35-22-11-14(9-15(13-30)24-31-18-5-3-4-6-20(18)37-24)10-17(26)23(22)36-21-8-7-16(25(27,28)29)12-19(21)32(33)34/h3-12H,2H2,1H3/b15-9+. The van der Waals surface area contributed by atoms with Gasteiger partial charge in [0.25, 0.3) is 0 Å². The number of alkyl halides is 3. The van der Waals surface area contributed by atoms with Crippen LogP contribution in [0.5, 0.6) is 17.2 Å². The number of nitrogens with zero attached hydrogens (tertiary/aromatic N) is 3. The van der Waals surface area contributed by atoms with Gasteiger partial charge >= 0.3 is 11.9 Å². The highest BCUT2D eigenvalue weighted by Crippen LogP contribution is 2.44. The maximum absolute atomic E-state index is 13.0. The molecular weight excluding hydrogens is 559 g/mol. The number of nitriles is 1. The van der Waals surface area contributed by atoms with Gasteiger partial charge in [-0.15, -0.1) is 0 Å². The third-order valence-corrected chi connectivity index (χ3v) is 5.57. The van der Waals surface area contributed by atoms with Gasteiger partial charge < -0.3 is 13.9 Å². The second-order valence-electron chi connectivity index (χ2n) is 7.46. The van der Waals surface area contributed by atoms with Gasteiger partial charge in [-0.05, 0) is 70.9 Å². The van der Waals surface area contributed by atoms with Crippen LogP contribution in [-0.2, 0) is 6.18 Å². The van der Waals surface area contributed by atoms with Gasteiger partial charge in [0, 0.05) is 6.07 Å². The topological polar surface area (TPSA) is 111 Å². The Morgan fingerprint density at radius 2 is 1.97 bits per heavy atom. The molecule has 0 N–H and O–H groups in total. The minimum absolute atomic E-state index is 0.00206. The second kappa shape index (κ2) is 10.3. The minimum atomic E-state index is -4.76. The van der Waals surface area contributed by atoms with Crippen LogP contribution < -0.4 is 9.47 Å². The minimum Gasteiger partial charge on any atom is -0.490 e. The molecule has 4 aromatic rings. The van der Waals surface area contributed by atoms with Crippen molar-refractivity contribution >= 4 is 44.4 Å². The number of hydrogen-bond acceptors (Lipinski definition) is 7. The fraction of sp³-hybridized carbons (Fsp3) is 0.120. The van der Waals surface area contributed by atoms with Gasteiger partial charge in [0.05, 0.1) is 21.6 Å². The number of para-hydroxylation sites is 2. The lowest BCUT2D eigenvalue weighted by Crippen LogP contribution is -2.06. The van der Waals surface area contributed by atoms with Gasteiger partial charge in [-0.2, -0.15) is 18.4 Å². The molecule has 0 bridgehead atoms. The van der Waals surface area contributed by atoms with E-state index in [2.05, 4.69) is 20.9 Å². The monoisotopic (exact) mass is 573 g/mol. The zero-order valence-electron chi connectivity index (χ0n) is 18.9. The summed E-state index contributed by atoms with van der Waals surface area (Å²) in [5.74, 6) is -0.167. The van der Waals surface area contributed by atoms with E-state index < -0.39 is 28.1 Å². The average molecular weight is 574 g/mol. The predicted molar refractivity (Wildman–Crippen MR) is 131 cm³/mol. The highest BCUT2D eigenvalue weighted by molar-refractivity contribution is 9.10. The number of hydrogen-bond donors (Lipinski definition) is 0. The van der Waals surface area contributed by atoms with E-state index in [1.165, 1.54) is 12.1 Å². The highest BCUT2D eigenvalue weighted by Gasteiger charge is 2.33. The zero-order chi connectivity index (χ0) is 26.7. The molecule has 0 aliphatic rings. The van der Waals surface area contributed by atoms with Crippen molar-refractivity contribution in [3.8, 4) is 23.3 Å². The van der Waals surface area contributed by atoms with Crippen molar-refractivity contribution in [1.29, 1.82) is 5.26 Å². The Labute approximate surface area is 215 Å². The number of nitro benzene ring substituents is 1. The number of fused-ring (bicyclic) bond motifs is 1. The average Bonchev–Trinajstić information content (AvgIpc) is 3.28. The quantitative estimate of drug-likeness (QED) is 0.126. The van der Waals surface area contributed by atoms with E-state index in [-0.39, 0.29) is 34.0 Å². The van der Waals surface area contributed by atoms with Crippen molar-refractivity contribution < 1.29 is 32.0 Å². The Bertz CT molecular complexity index is 1540. The number of aromatic nitrogens is 1. The van der Waals surface area contributed by atoms with E-state index in [1.807, 2.05) is 6.07 Å². The largest absolute Gasteiger partial charge is 0.490 e. The molecule has 37 heavy (non-hydrogen) atoms. The molecule has 0 unspecified atom stereocenters. The van der Waals surface area contributed by atoms with Crippen LogP contribution in [0.4, 0.5) is 18.9 Å². The summed E-state index contributed by atoms with van der Waals surface area (Å²) < 4.78 is 56.4. The third kappa shape index (κ3) is 5.57. The Morgan fingerprint density at radius 3 is 2.62 bits per heavy atom. The summed E-state index contributed by atoms with van der Waals surface area (Å²) in [5, 5.41) is 21.1. The van der Waals surface area contributed by atoms with Crippen LogP contribution in [0.25, 0.3) is 22.7 Å². The zero-order valence-corrected chi connectivity index (χ0v) is 20.5. The van der Waals surface area contributed by atoms with E-state index in [4.69, 9.17) is 13.9 Å². The molecule has 0 saturated carbocycles. The van der Waals surface area contributed by atoms with E-state index in [1.54, 1.807) is 37.3 Å². The molecule has 0 atom stereocenters. The molecule has 1 heterocycles. The number of benzene rings is 3. The van der Waals surface area contributed by atoms with Crippen LogP contribution in [0.2, 0.25) is 0 Å². The van der Waals surface area contributed by atoms with Crippen molar-refractivity contribution in [3.05, 3.63) is 86.2 Å². The van der Waals surface area contributed by atoms with Crippen LogP contribution in [-0.4, -0.2) is 16.5 Å². The molecule has 188 valence electrons. The van der Waals surface area contributed by atoms with Crippen molar-refractivity contribution in [2.24, 2.45) is 0 Å². The van der Waals surface area contributed by atoms with Gasteiger partial charge in [0.1, 0.15) is 17.2 Å². The van der Waals surface area contributed by atoms with Crippen LogP contribution in [0, 0.1) is 21.4 Å². The Morgan fingerprint density at radius 1 is 1.22 bits per heavy atom. The molecule has 0 aliphatic carbocycles. The summed E-state index contributed by atoms with van der Waals surface area (Å²) in [6, 6.07) is 14.1. The van der Waals surface area contributed by atoms with Gasteiger partial charge in [-0.1, -0.05) is 12.1 Å². The lowest BCUT2D eigenvalue weighted by molar-refractivity contribution is -0.385. The van der Waals surface area contributed by atoms with E-state index in [9.17, 15) is 28.5 Å². The van der Waals surface area contributed by atoms with Crippen molar-refractivity contribution in [2.75, 3.05) is 6.61 Å². The molecule has 0 aliphatic heterocycles. The lowest BCUT2D eigenvalue weighted by Gasteiger charge is -2.15. The Hall–Kier alpha value is -4.37. The number of halogens is 4. The SMILES string of the molecule is CCOc1cc(/C=C(\C#N)c2nc3ccccc3o2)cc(Br)c1Oc1ccc(C(F)(F)F)cc1[N+](=O)[O-]. The molecule has 0 amide bonds. The normalized spacial score (nSPS) is 11.8. The molecule has 3 aromatic carbocycles. The first-order valence-corrected chi connectivity index (χ1v) is 11.4. The fourth-order valence-corrected chi connectivity index (χ4v) is 3.90. The molecule has 0 fully saturated rings. The van der Waals surface area contributed by atoms with Crippen LogP contribution >= 0.6 is 15.9 Å². The second-order valence-corrected chi connectivity index (χ2v) is 8.31. The van der Waals surface area contributed by atoms with Crippen molar-refractivity contribution in [2.45, 2.75) is 13.1 Å². The van der Waals surface area contributed by atoms with Crippen molar-refractivity contribution in [3.63, 3.8) is 0 Å². The van der Waals surface area contributed by atoms with Crippen LogP contribution in [0.1, 0.15) is 23.9 Å². The molecule has 1 aromatic heterocycles. The maximum atomic E-state index is 13.0. The van der Waals surface area contributed by atoms with Crippen molar-refractivity contribution in [1.82, 2.24) is 4.98 Å². The summed E-state index contributed by atoms with van der Waals surface area (Å²) >= 11 is 3.32. The molecule has 0 radical (unpaired) electrons. The fourth-order valence-electron chi connectivity index (χ4n) is 3.36. The summed E-state index contributed by atoms with van der Waals surface area (Å²) in [7, 11) is 0. The van der Waals surface area contributed by atoms with Crippen LogP contribution in [0.15, 0.2) is 63.5 Å². The predicted octanol–water partition coefficient (Wildman–Crippen LogP) is 7.77. The molecule has 0 spiro atoms. The maximum Gasteiger partial charge on any atom is 0.416 e. The summed E-state index contributed by atoms with van der Waals surface area (Å²) in [4.78, 5) is 14.8. The Kier molecular flexibility index (Phi) is 7.17. The number of allylic oxidation sites excluding steroid dienone is 1. The molecule has 8 nitrogen and oxygen atoms in total. The highest BCUT2D eigenvalue weighted by atomic mass is 79.9. The summed E-state index contributed by atoms with van der Waals surface area (Å²) in [6.07, 6.45) is -3.26. The van der Waals surface area contributed by atoms with Gasteiger partial charge in [-0.3, -0.25) is 10.1 Å². The summed E-state index contributed by atoms with van der Waals surface area (Å²) in [6.45, 7) is 1.88. The van der Waals surface area contributed by atoms with Gasteiger partial charge in [0.2, 0.25) is 11.6 Å². The molecule has 0 saturated heterocycles.